The number of rotatable bonds is 6. The summed E-state index contributed by atoms with van der Waals surface area (Å²) in [4.78, 5) is 20.5. The van der Waals surface area contributed by atoms with Gasteiger partial charge in [0.05, 0.1) is 16.5 Å². The number of piperidine rings is 1. The molecule has 6 nitrogen and oxygen atoms in total. The smallest absolute Gasteiger partial charge is 0.272 e. The summed E-state index contributed by atoms with van der Waals surface area (Å²) in [5, 5.41) is 10.0. The predicted octanol–water partition coefficient (Wildman–Crippen LogP) is 5.64. The highest BCUT2D eigenvalue weighted by molar-refractivity contribution is 7.84. The van der Waals surface area contributed by atoms with Gasteiger partial charge in [0.15, 0.2) is 0 Å². The monoisotopic (exact) mass is 521 g/mol. The molecule has 2 aliphatic heterocycles. The van der Waals surface area contributed by atoms with E-state index in [4.69, 9.17) is 4.98 Å². The molecule has 5 rings (SSSR count). The summed E-state index contributed by atoms with van der Waals surface area (Å²) < 4.78 is 15.2. The number of hydrogen-bond acceptors (Lipinski definition) is 4. The number of allylic oxidation sites excluding steroid dienone is 2. The van der Waals surface area contributed by atoms with Crippen LogP contribution in [0.4, 0.5) is 0 Å². The number of aliphatic hydroxyl groups excluding tert-OH is 1. The maximum absolute atomic E-state index is 13.6. The van der Waals surface area contributed by atoms with Gasteiger partial charge in [0.2, 0.25) is 0 Å². The van der Waals surface area contributed by atoms with Crippen molar-refractivity contribution >= 4 is 22.5 Å². The van der Waals surface area contributed by atoms with E-state index >= 15 is 0 Å². The van der Waals surface area contributed by atoms with Gasteiger partial charge in [0.25, 0.3) is 5.91 Å². The summed E-state index contributed by atoms with van der Waals surface area (Å²) >= 11 is 0. The average molecular weight is 522 g/mol. The summed E-state index contributed by atoms with van der Waals surface area (Å²) in [7, 11) is -1.27. The first-order valence-electron chi connectivity index (χ1n) is 13.7. The third kappa shape index (κ3) is 5.31. The Morgan fingerprint density at radius 3 is 2.54 bits per heavy atom. The van der Waals surface area contributed by atoms with Crippen molar-refractivity contribution in [3.8, 4) is 11.3 Å². The van der Waals surface area contributed by atoms with E-state index in [0.29, 0.717) is 18.7 Å². The first kappa shape index (κ1) is 26.3. The normalized spacial score (nSPS) is 21.1. The number of fused-ring (bicyclic) bond motifs is 1. The van der Waals surface area contributed by atoms with Gasteiger partial charge in [-0.05, 0) is 94.5 Å². The van der Waals surface area contributed by atoms with Crippen LogP contribution in [0.15, 0.2) is 36.4 Å². The maximum atomic E-state index is 13.6. The molecule has 1 aromatic carbocycles. The van der Waals surface area contributed by atoms with Crippen LogP contribution in [0.5, 0.6) is 0 Å². The fourth-order valence-corrected chi connectivity index (χ4v) is 7.26. The highest BCUT2D eigenvalue weighted by atomic mass is 32.2. The molecule has 2 atom stereocenters. The second-order valence-corrected chi connectivity index (χ2v) is 13.6. The summed E-state index contributed by atoms with van der Waals surface area (Å²) in [5.74, 6) is -0.0208. The van der Waals surface area contributed by atoms with Gasteiger partial charge in [-0.25, -0.2) is 13.5 Å². The molecule has 1 aliphatic carbocycles. The molecule has 1 fully saturated rings. The van der Waals surface area contributed by atoms with E-state index in [1.54, 1.807) is 0 Å². The minimum absolute atomic E-state index is 0.0111. The number of aromatic nitrogens is 1. The predicted molar refractivity (Wildman–Crippen MR) is 149 cm³/mol. The van der Waals surface area contributed by atoms with E-state index in [1.165, 1.54) is 17.6 Å². The Hall–Kier alpha value is -2.35. The minimum Gasteiger partial charge on any atom is -0.396 e. The number of nitrogens with zero attached hydrogens (tertiary/aromatic N) is 3. The number of hydrogen-bond donors (Lipinski definition) is 1. The number of likely N-dealkylation sites (tertiary alicyclic amines) is 1. The zero-order valence-corrected chi connectivity index (χ0v) is 23.1. The topological polar surface area (TPSA) is 73.7 Å². The quantitative estimate of drug-likeness (QED) is 0.534. The lowest BCUT2D eigenvalue weighted by atomic mass is 9.93. The molecule has 1 saturated heterocycles. The first-order valence-corrected chi connectivity index (χ1v) is 14.8. The Morgan fingerprint density at radius 1 is 1.11 bits per heavy atom. The summed E-state index contributed by atoms with van der Waals surface area (Å²) in [6.07, 6.45) is 9.36. The Bertz CT molecular complexity index is 1230. The fourth-order valence-electron chi connectivity index (χ4n) is 5.86. The maximum Gasteiger partial charge on any atom is 0.272 e. The lowest BCUT2D eigenvalue weighted by Gasteiger charge is -2.30. The van der Waals surface area contributed by atoms with E-state index in [1.807, 2.05) is 36.0 Å². The number of benzene rings is 1. The second-order valence-electron chi connectivity index (χ2n) is 11.4. The Morgan fingerprint density at radius 2 is 1.86 bits per heavy atom. The highest BCUT2D eigenvalue weighted by Crippen LogP contribution is 2.44. The zero-order valence-electron chi connectivity index (χ0n) is 22.3. The number of aliphatic hydroxyl groups is 1. The summed E-state index contributed by atoms with van der Waals surface area (Å²) in [6.45, 7) is 7.93. The average Bonchev–Trinajstić information content (AvgIpc) is 3.56. The van der Waals surface area contributed by atoms with Crippen LogP contribution in [0.25, 0.3) is 16.8 Å². The van der Waals surface area contributed by atoms with Crippen molar-refractivity contribution in [2.75, 3.05) is 19.7 Å². The first-order chi connectivity index (χ1) is 17.8. The van der Waals surface area contributed by atoms with Crippen LogP contribution in [0, 0.1) is 0 Å². The van der Waals surface area contributed by atoms with E-state index in [9.17, 15) is 14.1 Å². The van der Waals surface area contributed by atoms with Crippen LogP contribution >= 0.6 is 0 Å². The summed E-state index contributed by atoms with van der Waals surface area (Å²) in [6, 6.07) is 10.2. The van der Waals surface area contributed by atoms with Gasteiger partial charge in [-0.1, -0.05) is 24.3 Å². The molecule has 0 spiro atoms. The molecule has 0 unspecified atom stereocenters. The number of carbonyl (C=O) groups excluding carboxylic acids is 1. The zero-order chi connectivity index (χ0) is 26.2. The molecule has 7 heteroatoms. The third-order valence-electron chi connectivity index (χ3n) is 7.70. The van der Waals surface area contributed by atoms with Crippen LogP contribution in [-0.4, -0.2) is 53.9 Å². The minimum atomic E-state index is -1.27. The molecular weight excluding hydrogens is 482 g/mol. The van der Waals surface area contributed by atoms with Crippen LogP contribution in [0.1, 0.15) is 98.9 Å². The van der Waals surface area contributed by atoms with Gasteiger partial charge in [0.1, 0.15) is 16.7 Å². The Labute approximate surface area is 223 Å². The van der Waals surface area contributed by atoms with Gasteiger partial charge < -0.3 is 10.0 Å². The Balaban J connectivity index is 1.64. The number of pyridine rings is 1. The van der Waals surface area contributed by atoms with Gasteiger partial charge in [-0.3, -0.25) is 4.79 Å². The molecule has 198 valence electrons. The van der Waals surface area contributed by atoms with Crippen LogP contribution in [0.3, 0.4) is 0 Å². The highest BCUT2D eigenvalue weighted by Gasteiger charge is 2.40. The molecule has 37 heavy (non-hydrogen) atoms. The van der Waals surface area contributed by atoms with Gasteiger partial charge in [-0.15, -0.1) is 0 Å². The van der Waals surface area contributed by atoms with E-state index in [-0.39, 0.29) is 18.6 Å². The third-order valence-corrected chi connectivity index (χ3v) is 9.56. The van der Waals surface area contributed by atoms with Gasteiger partial charge in [0, 0.05) is 37.4 Å². The van der Waals surface area contributed by atoms with E-state index in [0.717, 1.165) is 67.6 Å². The van der Waals surface area contributed by atoms with Crippen LogP contribution in [-0.2, 0) is 17.5 Å². The van der Waals surface area contributed by atoms with Crippen molar-refractivity contribution in [2.45, 2.75) is 83.1 Å². The van der Waals surface area contributed by atoms with Crippen molar-refractivity contribution in [3.05, 3.63) is 58.8 Å². The van der Waals surface area contributed by atoms with Gasteiger partial charge >= 0.3 is 0 Å². The summed E-state index contributed by atoms with van der Waals surface area (Å²) in [5.41, 5.74) is 6.77. The Kier molecular flexibility index (Phi) is 7.66. The molecule has 1 amide bonds. The second kappa shape index (κ2) is 10.8. The standard InChI is InChI=1S/C30H39N3O3S/c1-30(2,3)37(36)33-20-24-19-25(29(35)32-15-7-4-8-16-32)31-28(27(24)26(33)14-17-34)23-13-9-12-22(18-23)21-10-5-6-11-21/h9-10,12-13,18-19,26,34H,4-8,11,14-17,20H2,1-3H3/t26-,37-/m1/s1. The number of carbonyl (C=O) groups is 1. The van der Waals surface area contributed by atoms with Crippen molar-refractivity contribution in [1.82, 2.24) is 14.2 Å². The molecule has 3 heterocycles. The van der Waals surface area contributed by atoms with Crippen molar-refractivity contribution in [1.29, 1.82) is 0 Å². The molecule has 0 bridgehead atoms. The van der Waals surface area contributed by atoms with E-state index < -0.39 is 15.7 Å². The molecule has 2 aromatic rings. The van der Waals surface area contributed by atoms with Crippen molar-refractivity contribution < 1.29 is 14.1 Å². The fraction of sp³-hybridized carbons (Fsp3) is 0.533. The SMILES string of the molecule is CC(C)(C)[S@@](=O)N1Cc2cc(C(=O)N3CCCCC3)nc(-c3cccc(C4=CCCC4)c3)c2[C@H]1CCO. The van der Waals surface area contributed by atoms with Crippen LogP contribution < -0.4 is 0 Å². The lowest BCUT2D eigenvalue weighted by molar-refractivity contribution is 0.0718. The van der Waals surface area contributed by atoms with E-state index in [2.05, 4.69) is 30.3 Å². The molecule has 0 radical (unpaired) electrons. The largest absolute Gasteiger partial charge is 0.396 e. The van der Waals surface area contributed by atoms with Crippen LogP contribution in [0.2, 0.25) is 0 Å². The molecule has 1 aromatic heterocycles. The molecule has 3 aliphatic rings. The molecule has 0 saturated carbocycles. The molecular formula is C30H39N3O3S. The molecule has 1 N–H and O–H groups in total. The lowest BCUT2D eigenvalue weighted by Crippen LogP contribution is -2.36. The van der Waals surface area contributed by atoms with Gasteiger partial charge in [-0.2, -0.15) is 0 Å². The van der Waals surface area contributed by atoms with Crippen molar-refractivity contribution in [3.63, 3.8) is 0 Å². The van der Waals surface area contributed by atoms with Crippen molar-refractivity contribution in [2.24, 2.45) is 0 Å². The number of amides is 1.